The fourth-order valence-corrected chi connectivity index (χ4v) is 3.96. The Morgan fingerprint density at radius 1 is 1.05 bits per heavy atom. The monoisotopic (exact) mass is 281 g/mol. The summed E-state index contributed by atoms with van der Waals surface area (Å²) in [4.78, 5) is 2.53. The van der Waals surface area contributed by atoms with E-state index in [9.17, 15) is 5.26 Å². The van der Waals surface area contributed by atoms with Crippen LogP contribution in [0.5, 0.6) is 0 Å². The number of likely N-dealkylation sites (tertiary alicyclic amines) is 1. The summed E-state index contributed by atoms with van der Waals surface area (Å²) in [6.07, 6.45) is 6.64. The number of hydrogen-bond acceptors (Lipinski definition) is 3. The van der Waals surface area contributed by atoms with Crippen molar-refractivity contribution in [3.05, 3.63) is 47.2 Å². The first-order valence-corrected chi connectivity index (χ1v) is 7.99. The minimum Gasteiger partial charge on any atom is -0.399 e. The lowest BCUT2D eigenvalue weighted by atomic mass is 9.74. The molecule has 3 nitrogen and oxygen atoms in total. The van der Waals surface area contributed by atoms with Crippen molar-refractivity contribution in [2.45, 2.75) is 44.1 Å². The fraction of sp³-hybridized carbons (Fsp3) is 0.500. The average molecular weight is 281 g/mol. The second-order valence-corrected chi connectivity index (χ2v) is 6.13. The second kappa shape index (κ2) is 5.91. The molecule has 1 fully saturated rings. The van der Waals surface area contributed by atoms with Gasteiger partial charge < -0.3 is 5.73 Å². The van der Waals surface area contributed by atoms with E-state index in [1.165, 1.54) is 24.8 Å². The highest BCUT2D eigenvalue weighted by Gasteiger charge is 2.44. The Labute approximate surface area is 127 Å². The number of nitrogens with zero attached hydrogens (tertiary/aromatic N) is 2. The van der Waals surface area contributed by atoms with Crippen molar-refractivity contribution in [2.24, 2.45) is 5.73 Å². The molecule has 1 saturated heterocycles. The van der Waals surface area contributed by atoms with Gasteiger partial charge in [0.15, 0.2) is 0 Å². The van der Waals surface area contributed by atoms with Gasteiger partial charge in [0, 0.05) is 5.70 Å². The molecule has 21 heavy (non-hydrogen) atoms. The highest BCUT2D eigenvalue weighted by molar-refractivity contribution is 5.43. The lowest BCUT2D eigenvalue weighted by Crippen LogP contribution is -2.53. The van der Waals surface area contributed by atoms with E-state index in [1.54, 1.807) is 0 Å². The van der Waals surface area contributed by atoms with Gasteiger partial charge in [0.05, 0.1) is 17.2 Å². The summed E-state index contributed by atoms with van der Waals surface area (Å²) < 4.78 is 0. The average Bonchev–Trinajstić information content (AvgIpc) is 2.57. The van der Waals surface area contributed by atoms with Gasteiger partial charge in [-0.25, -0.2) is 0 Å². The third-order valence-corrected chi connectivity index (χ3v) is 5.02. The zero-order chi connectivity index (χ0) is 14.7. The predicted molar refractivity (Wildman–Crippen MR) is 84.2 cm³/mol. The Kier molecular flexibility index (Phi) is 3.98. The van der Waals surface area contributed by atoms with Gasteiger partial charge in [-0.05, 0) is 50.8 Å². The Bertz CT molecular complexity index is 564. The molecule has 2 N–H and O–H groups in total. The maximum atomic E-state index is 9.43. The van der Waals surface area contributed by atoms with E-state index in [0.717, 1.165) is 43.6 Å². The van der Waals surface area contributed by atoms with E-state index in [2.05, 4.69) is 35.2 Å². The first kappa shape index (κ1) is 14.2. The molecular formula is C18H23N3. The van der Waals surface area contributed by atoms with Crippen molar-refractivity contribution >= 4 is 0 Å². The third-order valence-electron chi connectivity index (χ3n) is 5.02. The van der Waals surface area contributed by atoms with E-state index in [0.29, 0.717) is 0 Å². The third kappa shape index (κ3) is 2.34. The van der Waals surface area contributed by atoms with Gasteiger partial charge in [0.25, 0.3) is 0 Å². The molecule has 110 valence electrons. The Hall–Kier alpha value is -1.79. The van der Waals surface area contributed by atoms with Crippen molar-refractivity contribution in [3.63, 3.8) is 0 Å². The number of nitriles is 1. The lowest BCUT2D eigenvalue weighted by Gasteiger charge is -2.48. The standard InChI is InChI=1S/C18H23N3/c19-14-15-8-7-11-18(17(15)20,16-9-3-1-4-10-16)21-12-5-2-6-13-21/h1,3-4,9-10H,2,5-8,11-13,20H2/t18-/m0/s1. The van der Waals surface area contributed by atoms with Crippen LogP contribution >= 0.6 is 0 Å². The van der Waals surface area contributed by atoms with Gasteiger partial charge in [-0.2, -0.15) is 5.26 Å². The molecule has 0 spiro atoms. The van der Waals surface area contributed by atoms with Crippen molar-refractivity contribution in [1.29, 1.82) is 5.26 Å². The highest BCUT2D eigenvalue weighted by Crippen LogP contribution is 2.44. The van der Waals surface area contributed by atoms with Crippen molar-refractivity contribution < 1.29 is 0 Å². The zero-order valence-corrected chi connectivity index (χ0v) is 12.5. The van der Waals surface area contributed by atoms with E-state index >= 15 is 0 Å². The van der Waals surface area contributed by atoms with Gasteiger partial charge in [-0.3, -0.25) is 4.90 Å². The minimum absolute atomic E-state index is 0.259. The largest absolute Gasteiger partial charge is 0.399 e. The van der Waals surface area contributed by atoms with Crippen LogP contribution in [0.2, 0.25) is 0 Å². The molecule has 2 aliphatic rings. The summed E-state index contributed by atoms with van der Waals surface area (Å²) in [5.74, 6) is 0. The number of piperidine rings is 1. The minimum atomic E-state index is -0.259. The molecule has 0 radical (unpaired) electrons. The zero-order valence-electron chi connectivity index (χ0n) is 12.5. The molecule has 1 aliphatic heterocycles. The molecular weight excluding hydrogens is 258 g/mol. The smallest absolute Gasteiger partial charge is 0.0966 e. The van der Waals surface area contributed by atoms with E-state index < -0.39 is 0 Å². The topological polar surface area (TPSA) is 53.1 Å². The molecule has 3 heteroatoms. The summed E-state index contributed by atoms with van der Waals surface area (Å²) in [5.41, 5.74) is 9.12. The summed E-state index contributed by atoms with van der Waals surface area (Å²) in [6, 6.07) is 12.9. The van der Waals surface area contributed by atoms with Gasteiger partial charge in [0.2, 0.25) is 0 Å². The number of hydrogen-bond donors (Lipinski definition) is 1. The van der Waals surface area contributed by atoms with Crippen LogP contribution in [0.15, 0.2) is 41.6 Å². The fourth-order valence-electron chi connectivity index (χ4n) is 3.96. The molecule has 0 amide bonds. The van der Waals surface area contributed by atoms with Crippen LogP contribution in [-0.4, -0.2) is 18.0 Å². The number of nitrogens with two attached hydrogens (primary N) is 1. The first-order chi connectivity index (χ1) is 10.3. The normalized spacial score (nSPS) is 27.4. The van der Waals surface area contributed by atoms with Crippen LogP contribution in [0.25, 0.3) is 0 Å². The molecule has 1 aromatic carbocycles. The number of allylic oxidation sites excluding steroid dienone is 1. The van der Waals surface area contributed by atoms with Gasteiger partial charge in [-0.1, -0.05) is 36.8 Å². The number of rotatable bonds is 2. The molecule has 1 heterocycles. The molecule has 0 bridgehead atoms. The Morgan fingerprint density at radius 2 is 1.76 bits per heavy atom. The second-order valence-electron chi connectivity index (χ2n) is 6.13. The molecule has 3 rings (SSSR count). The van der Waals surface area contributed by atoms with Crippen LogP contribution in [0, 0.1) is 11.3 Å². The van der Waals surface area contributed by atoms with E-state index in [4.69, 9.17) is 5.73 Å². The number of benzene rings is 1. The van der Waals surface area contributed by atoms with Crippen LogP contribution in [0.4, 0.5) is 0 Å². The Balaban J connectivity index is 2.13. The quantitative estimate of drug-likeness (QED) is 0.905. The van der Waals surface area contributed by atoms with Crippen molar-refractivity contribution in [2.75, 3.05) is 13.1 Å². The lowest BCUT2D eigenvalue weighted by molar-refractivity contribution is 0.0767. The predicted octanol–water partition coefficient (Wildman–Crippen LogP) is 3.29. The molecule has 1 atom stereocenters. The summed E-state index contributed by atoms with van der Waals surface area (Å²) in [6.45, 7) is 2.16. The molecule has 0 unspecified atom stereocenters. The summed E-state index contributed by atoms with van der Waals surface area (Å²) >= 11 is 0. The van der Waals surface area contributed by atoms with Gasteiger partial charge in [-0.15, -0.1) is 0 Å². The van der Waals surface area contributed by atoms with Crippen molar-refractivity contribution in [1.82, 2.24) is 4.90 Å². The van der Waals surface area contributed by atoms with Crippen LogP contribution in [0.1, 0.15) is 44.1 Å². The molecule has 0 saturated carbocycles. The molecule has 0 aromatic heterocycles. The maximum absolute atomic E-state index is 9.43. The summed E-state index contributed by atoms with van der Waals surface area (Å²) in [7, 11) is 0. The van der Waals surface area contributed by atoms with Gasteiger partial charge in [0.1, 0.15) is 0 Å². The van der Waals surface area contributed by atoms with Crippen LogP contribution in [0.3, 0.4) is 0 Å². The highest BCUT2D eigenvalue weighted by atomic mass is 15.2. The first-order valence-electron chi connectivity index (χ1n) is 7.99. The summed E-state index contributed by atoms with van der Waals surface area (Å²) in [5, 5.41) is 9.43. The van der Waals surface area contributed by atoms with E-state index in [1.807, 2.05) is 6.07 Å². The van der Waals surface area contributed by atoms with Crippen molar-refractivity contribution in [3.8, 4) is 6.07 Å². The SMILES string of the molecule is N#CC1=C(N)[C@](c2ccccc2)(N2CCCCC2)CCC1. The van der Waals surface area contributed by atoms with Crippen LogP contribution < -0.4 is 5.73 Å². The van der Waals surface area contributed by atoms with E-state index in [-0.39, 0.29) is 5.54 Å². The Morgan fingerprint density at radius 3 is 2.43 bits per heavy atom. The molecule has 1 aromatic rings. The molecule has 1 aliphatic carbocycles. The van der Waals surface area contributed by atoms with Crippen LogP contribution in [-0.2, 0) is 5.54 Å². The van der Waals surface area contributed by atoms with Gasteiger partial charge >= 0.3 is 0 Å². The maximum Gasteiger partial charge on any atom is 0.0966 e.